The average Bonchev–Trinajstić information content (AvgIpc) is 0.932. The molecule has 584 valence electrons. The molecule has 2 fully saturated rings. The Hall–Kier alpha value is -6.32. The smallest absolute Gasteiger partial charge is 0.129 e. The molecule has 0 amide bonds. The molecule has 0 radical (unpaired) electrons. The lowest BCUT2D eigenvalue weighted by Gasteiger charge is -2.24. The van der Waals surface area contributed by atoms with E-state index in [4.69, 9.17) is 0 Å². The van der Waals surface area contributed by atoms with E-state index < -0.39 is 66.1 Å². The molecule has 0 aromatic carbocycles. The quantitative estimate of drug-likeness (QED) is 0.0153. The Morgan fingerprint density at radius 2 is 0.615 bits per heavy atom. The van der Waals surface area contributed by atoms with Crippen LogP contribution >= 0.6 is 0 Å². The van der Waals surface area contributed by atoms with Crippen LogP contribution in [0, 0.1) is 35.5 Å². The zero-order chi connectivity index (χ0) is 78.1. The third kappa shape index (κ3) is 64.1. The van der Waals surface area contributed by atoms with Crippen LogP contribution in [0.4, 0.5) is 0 Å². The van der Waals surface area contributed by atoms with Gasteiger partial charge in [-0.2, -0.15) is 0 Å². The van der Waals surface area contributed by atoms with Crippen LogP contribution in [-0.2, 0) is 19.2 Å². The number of allylic oxidation sites excluding steroid dienone is 20. The lowest BCUT2D eigenvalue weighted by atomic mass is 9.85. The lowest BCUT2D eigenvalue weighted by Crippen LogP contribution is -2.23. The van der Waals surface area contributed by atoms with Crippen LogP contribution < -0.4 is 0 Å². The SMILES string of the molecule is CC(=O)CCC[C@H](O)[C@H](O)/C=C/C=C/C#C/C=C/C(O)C1CCCCC1.CC(=O)CCC[C@H](O)[C@H](O)/C=C/C=C/C=C\C=C\C(O)C1CCCCC1.CCCCCC(C)(O)/C=C/C#C/C=C/C=C/[C@@H](O)[C@@H](O)CCCC(C)=O.CCCCCC(C)(O)/C=C/C=C\C=C\C=C\[C@@H](O)[C@@H](O)CCCC(C)=O. The summed E-state index contributed by atoms with van der Waals surface area (Å²) >= 11 is 0. The van der Waals surface area contributed by atoms with Crippen molar-refractivity contribution in [2.45, 2.75) is 320 Å². The van der Waals surface area contributed by atoms with Crippen LogP contribution in [-0.4, -0.2) is 157 Å². The molecule has 104 heavy (non-hydrogen) atoms. The Morgan fingerprint density at radius 1 is 0.337 bits per heavy atom. The zero-order valence-electron chi connectivity index (χ0n) is 64.3. The van der Waals surface area contributed by atoms with Gasteiger partial charge < -0.3 is 80.5 Å². The maximum atomic E-state index is 10.8. The summed E-state index contributed by atoms with van der Waals surface area (Å²) in [5.41, 5.74) is -1.60. The Bertz CT molecular complexity index is 2820. The highest BCUT2D eigenvalue weighted by atomic mass is 16.3. The molecule has 2 aliphatic carbocycles. The number of carbonyl (C=O) groups excluding carboxylic acids is 4. The molecule has 0 aliphatic heterocycles. The fourth-order valence-corrected chi connectivity index (χ4v) is 10.8. The minimum atomic E-state index is -0.960. The molecule has 16 nitrogen and oxygen atoms in total. The van der Waals surface area contributed by atoms with Gasteiger partial charge in [-0.3, -0.25) is 0 Å². The van der Waals surface area contributed by atoms with Crippen molar-refractivity contribution in [1.29, 1.82) is 0 Å². The molecular formula is C88H136O16. The first kappa shape index (κ1) is 99.7. The fourth-order valence-electron chi connectivity index (χ4n) is 10.8. The van der Waals surface area contributed by atoms with Gasteiger partial charge in [0.05, 0.1) is 72.2 Å². The molecule has 0 aromatic heterocycles. The van der Waals surface area contributed by atoms with Crippen LogP contribution in [0.15, 0.2) is 170 Å². The van der Waals surface area contributed by atoms with Gasteiger partial charge in [0.2, 0.25) is 0 Å². The molecule has 0 heterocycles. The van der Waals surface area contributed by atoms with Gasteiger partial charge in [-0.15, -0.1) is 0 Å². The van der Waals surface area contributed by atoms with E-state index in [1.165, 1.54) is 90.5 Å². The van der Waals surface area contributed by atoms with Crippen molar-refractivity contribution in [3.8, 4) is 23.7 Å². The Balaban J connectivity index is 0. The number of unbranched alkanes of at least 4 members (excludes halogenated alkanes) is 4. The van der Waals surface area contributed by atoms with E-state index in [0.29, 0.717) is 88.9 Å². The Labute approximate surface area is 626 Å². The van der Waals surface area contributed by atoms with Gasteiger partial charge in [0.15, 0.2) is 0 Å². The summed E-state index contributed by atoms with van der Waals surface area (Å²) in [6.07, 6.45) is 65.4. The third-order valence-corrected chi connectivity index (χ3v) is 17.3. The molecule has 2 rings (SSSR count). The van der Waals surface area contributed by atoms with Gasteiger partial charge in [0.25, 0.3) is 0 Å². The summed E-state index contributed by atoms with van der Waals surface area (Å²) < 4.78 is 0. The highest BCUT2D eigenvalue weighted by Crippen LogP contribution is 2.28. The summed E-state index contributed by atoms with van der Waals surface area (Å²) in [5, 5.41) is 119. The van der Waals surface area contributed by atoms with E-state index in [1.807, 2.05) is 61.6 Å². The summed E-state index contributed by atoms with van der Waals surface area (Å²) in [6.45, 7) is 13.9. The molecule has 0 saturated heterocycles. The minimum absolute atomic E-state index is 0.0836. The molecule has 12 atom stereocenters. The van der Waals surface area contributed by atoms with Crippen molar-refractivity contribution in [3.05, 3.63) is 170 Å². The van der Waals surface area contributed by atoms with Crippen LogP contribution in [0.25, 0.3) is 0 Å². The summed E-state index contributed by atoms with van der Waals surface area (Å²) in [5.74, 6) is 12.4. The molecule has 0 aromatic rings. The van der Waals surface area contributed by atoms with Crippen molar-refractivity contribution in [2.75, 3.05) is 0 Å². The van der Waals surface area contributed by atoms with E-state index in [2.05, 4.69) is 37.5 Å². The first-order valence-electron chi connectivity index (χ1n) is 38.2. The second kappa shape index (κ2) is 66.1. The monoisotopic (exact) mass is 1450 g/mol. The van der Waals surface area contributed by atoms with Crippen LogP contribution in [0.2, 0.25) is 0 Å². The highest BCUT2D eigenvalue weighted by molar-refractivity contribution is 5.76. The van der Waals surface area contributed by atoms with Crippen molar-refractivity contribution in [2.24, 2.45) is 11.8 Å². The summed E-state index contributed by atoms with van der Waals surface area (Å²) in [7, 11) is 0. The van der Waals surface area contributed by atoms with Gasteiger partial charge in [0.1, 0.15) is 23.1 Å². The van der Waals surface area contributed by atoms with Crippen molar-refractivity contribution in [3.63, 3.8) is 0 Å². The summed E-state index contributed by atoms with van der Waals surface area (Å²) in [4.78, 5) is 43.3. The third-order valence-electron chi connectivity index (χ3n) is 17.3. The first-order chi connectivity index (χ1) is 49.6. The maximum absolute atomic E-state index is 10.8. The van der Waals surface area contributed by atoms with E-state index in [9.17, 15) is 80.5 Å². The second-order valence-corrected chi connectivity index (χ2v) is 27.8. The number of rotatable bonds is 46. The van der Waals surface area contributed by atoms with Crippen molar-refractivity contribution < 1.29 is 80.5 Å². The minimum Gasteiger partial charge on any atom is -0.390 e. The predicted molar refractivity (Wildman–Crippen MR) is 424 cm³/mol. The zero-order valence-corrected chi connectivity index (χ0v) is 64.3. The average molecular weight is 1450 g/mol. The fraction of sp³-hybridized carbons (Fsp3) is 0.591. The largest absolute Gasteiger partial charge is 0.390 e. The maximum Gasteiger partial charge on any atom is 0.129 e. The first-order valence-corrected chi connectivity index (χ1v) is 38.2. The van der Waals surface area contributed by atoms with E-state index in [-0.39, 0.29) is 29.2 Å². The van der Waals surface area contributed by atoms with Crippen molar-refractivity contribution >= 4 is 23.1 Å². The lowest BCUT2D eigenvalue weighted by molar-refractivity contribution is -0.118. The van der Waals surface area contributed by atoms with Crippen LogP contribution in [0.1, 0.15) is 248 Å². The number of ketones is 4. The molecule has 12 N–H and O–H groups in total. The predicted octanol–water partition coefficient (Wildman–Crippen LogP) is 14.2. The standard InChI is InChI=1S/C22H34O4.C22H32O4.C22H36O4.C22H34O4/c2*1-18(23)12-11-17-22(26)21(25)16-10-5-3-2-4-9-15-20(24)19-13-7-6-8-14-19;2*1-4-5-11-17-22(3,26)18-12-9-7-6-8-10-15-20(24)21(25)16-13-14-19(2)23/h2-5,9-10,15-16,19-22,24-26H,6-8,11-14,17H2,1H3;3,5,9-10,15-16,19-22,24-26H,6-8,11-14,17H2,1H3;6-10,12,15,18,20-21,24-26H,4-5,11,13-14,16-17H2,1-3H3;6,8,10,12,15,18,20-21,24-26H,4-5,11,13-14,16-17H2,1-3H3/b4-2-,5-3+,15-9+,16-10+;5-3+,15-9+,16-10+;8-6+,9-7-,15-10+,18-12+;8-6+,15-10+,18-12+/t2*20?,21-,22+;2*20-,21+,22?/m1111/s1. The number of aliphatic hydroxyl groups excluding tert-OH is 10. The number of carbonyl (C=O) groups is 4. The van der Waals surface area contributed by atoms with E-state index in [1.54, 1.807) is 98.1 Å². The molecule has 2 saturated carbocycles. The molecule has 16 heteroatoms. The van der Waals surface area contributed by atoms with E-state index >= 15 is 0 Å². The van der Waals surface area contributed by atoms with E-state index in [0.717, 1.165) is 77.0 Å². The van der Waals surface area contributed by atoms with Gasteiger partial charge >= 0.3 is 0 Å². The number of aliphatic hydroxyl groups is 12. The van der Waals surface area contributed by atoms with Gasteiger partial charge in [-0.1, -0.05) is 248 Å². The van der Waals surface area contributed by atoms with Crippen LogP contribution in [0.5, 0.6) is 0 Å². The highest BCUT2D eigenvalue weighted by Gasteiger charge is 2.22. The van der Waals surface area contributed by atoms with Crippen LogP contribution in [0.3, 0.4) is 0 Å². The van der Waals surface area contributed by atoms with Crippen molar-refractivity contribution in [1.82, 2.24) is 0 Å². The molecular weight excluding hydrogens is 1310 g/mol. The Kier molecular flexibility index (Phi) is 63.4. The molecule has 4 unspecified atom stereocenters. The number of hydrogen-bond donors (Lipinski definition) is 12. The molecule has 0 spiro atoms. The molecule has 2 aliphatic rings. The Morgan fingerprint density at radius 3 is 0.952 bits per heavy atom. The summed E-state index contributed by atoms with van der Waals surface area (Å²) in [6, 6.07) is 0. The normalized spacial score (nSPS) is 18.5. The number of Topliss-reactive ketones (excluding diaryl/α,β-unsaturated/α-hetero) is 4. The van der Waals surface area contributed by atoms with Gasteiger partial charge in [0, 0.05) is 25.7 Å². The topological polar surface area (TPSA) is 311 Å². The van der Waals surface area contributed by atoms with Gasteiger partial charge in [-0.05, 0) is 180 Å². The molecule has 0 bridgehead atoms. The van der Waals surface area contributed by atoms with Gasteiger partial charge in [-0.25, -0.2) is 0 Å². The number of hydrogen-bond acceptors (Lipinski definition) is 16. The second-order valence-electron chi connectivity index (χ2n) is 27.8.